The van der Waals surface area contributed by atoms with Gasteiger partial charge in [0.25, 0.3) is 5.91 Å². The number of hydrogen-bond acceptors (Lipinski definition) is 5. The van der Waals surface area contributed by atoms with Gasteiger partial charge in [0.2, 0.25) is 5.69 Å². The van der Waals surface area contributed by atoms with Gasteiger partial charge in [0, 0.05) is 26.7 Å². The minimum atomic E-state index is -4.32. The van der Waals surface area contributed by atoms with Crippen molar-refractivity contribution in [3.8, 4) is 0 Å². The second-order valence-corrected chi connectivity index (χ2v) is 6.35. The lowest BCUT2D eigenvalue weighted by molar-refractivity contribution is -0.385. The lowest BCUT2D eigenvalue weighted by Gasteiger charge is -2.47. The van der Waals surface area contributed by atoms with Gasteiger partial charge in [0.1, 0.15) is 6.20 Å². The zero-order valence-corrected chi connectivity index (χ0v) is 13.5. The summed E-state index contributed by atoms with van der Waals surface area (Å²) in [5.74, 6) is -0.613. The van der Waals surface area contributed by atoms with Crippen LogP contribution in [0.1, 0.15) is 24.3 Å². The van der Waals surface area contributed by atoms with Crippen molar-refractivity contribution in [3.05, 3.63) is 22.0 Å². The van der Waals surface area contributed by atoms with Gasteiger partial charge in [-0.2, -0.15) is 18.3 Å². The van der Waals surface area contributed by atoms with Crippen molar-refractivity contribution in [1.29, 1.82) is 0 Å². The van der Waals surface area contributed by atoms with Gasteiger partial charge in [0.05, 0.1) is 17.0 Å². The van der Waals surface area contributed by atoms with Gasteiger partial charge < -0.3 is 4.90 Å². The van der Waals surface area contributed by atoms with Gasteiger partial charge in [-0.3, -0.25) is 24.5 Å². The number of nitrogens with zero attached hydrogens (tertiary/aromatic N) is 5. The van der Waals surface area contributed by atoms with Crippen molar-refractivity contribution in [3.63, 3.8) is 0 Å². The average Bonchev–Trinajstić information content (AvgIpc) is 2.77. The number of piperazine rings is 1. The van der Waals surface area contributed by atoms with Gasteiger partial charge in [0.15, 0.2) is 0 Å². The summed E-state index contributed by atoms with van der Waals surface area (Å²) in [6, 6.07) is 0. The van der Waals surface area contributed by atoms with E-state index in [-0.39, 0.29) is 25.3 Å². The van der Waals surface area contributed by atoms with Crippen LogP contribution in [-0.2, 0) is 7.05 Å². The Balaban J connectivity index is 2.23. The molecule has 1 saturated heterocycles. The molecule has 1 aromatic heterocycles. The molecule has 0 saturated carbocycles. The van der Waals surface area contributed by atoms with Crippen LogP contribution in [-0.4, -0.2) is 68.3 Å². The molecular formula is C13H18F3N5O3. The summed E-state index contributed by atoms with van der Waals surface area (Å²) in [7, 11) is 1.41. The predicted octanol–water partition coefficient (Wildman–Crippen LogP) is 1.43. The van der Waals surface area contributed by atoms with Gasteiger partial charge >= 0.3 is 11.9 Å². The van der Waals surface area contributed by atoms with Crippen LogP contribution in [0.15, 0.2) is 6.20 Å². The molecule has 24 heavy (non-hydrogen) atoms. The van der Waals surface area contributed by atoms with E-state index in [2.05, 4.69) is 5.10 Å². The molecule has 1 amide bonds. The van der Waals surface area contributed by atoms with Crippen LogP contribution in [0.3, 0.4) is 0 Å². The first-order valence-electron chi connectivity index (χ1n) is 7.20. The largest absolute Gasteiger partial charge is 0.401 e. The zero-order valence-electron chi connectivity index (χ0n) is 13.5. The molecule has 0 aliphatic carbocycles. The fourth-order valence-electron chi connectivity index (χ4n) is 2.96. The molecule has 0 radical (unpaired) electrons. The Kier molecular flexibility index (Phi) is 4.57. The molecule has 0 N–H and O–H groups in total. The van der Waals surface area contributed by atoms with Gasteiger partial charge in [-0.15, -0.1) is 0 Å². The van der Waals surface area contributed by atoms with E-state index in [0.717, 1.165) is 10.9 Å². The van der Waals surface area contributed by atoms with Gasteiger partial charge in [-0.25, -0.2) is 0 Å². The van der Waals surface area contributed by atoms with Crippen LogP contribution in [0, 0.1) is 10.1 Å². The molecule has 0 atom stereocenters. The fourth-order valence-corrected chi connectivity index (χ4v) is 2.96. The molecule has 8 nitrogen and oxygen atoms in total. The van der Waals surface area contributed by atoms with E-state index < -0.39 is 34.8 Å². The number of aryl methyl sites for hydroxylation is 1. The Bertz CT molecular complexity index is 656. The number of carbonyl (C=O) groups is 1. The second-order valence-electron chi connectivity index (χ2n) is 6.35. The Morgan fingerprint density at radius 2 is 2.04 bits per heavy atom. The molecule has 2 rings (SSSR count). The first-order valence-corrected chi connectivity index (χ1v) is 7.20. The number of nitro groups is 1. The molecule has 2 heterocycles. The summed E-state index contributed by atoms with van der Waals surface area (Å²) >= 11 is 0. The summed E-state index contributed by atoms with van der Waals surface area (Å²) in [6.45, 7) is 2.32. The Morgan fingerprint density at radius 3 is 2.54 bits per heavy atom. The van der Waals surface area contributed by atoms with E-state index in [0.29, 0.717) is 0 Å². The minimum absolute atomic E-state index is 0.0178. The summed E-state index contributed by atoms with van der Waals surface area (Å²) in [5.41, 5.74) is -1.51. The number of hydrogen-bond donors (Lipinski definition) is 0. The van der Waals surface area contributed by atoms with Crippen LogP contribution in [0.5, 0.6) is 0 Å². The Morgan fingerprint density at radius 1 is 1.42 bits per heavy atom. The van der Waals surface area contributed by atoms with E-state index in [1.807, 2.05) is 0 Å². The number of alkyl halides is 3. The third kappa shape index (κ3) is 3.66. The topological polar surface area (TPSA) is 84.5 Å². The first kappa shape index (κ1) is 18.2. The summed E-state index contributed by atoms with van der Waals surface area (Å²) < 4.78 is 38.8. The van der Waals surface area contributed by atoms with Crippen molar-refractivity contribution in [2.75, 3.05) is 26.2 Å². The summed E-state index contributed by atoms with van der Waals surface area (Å²) in [6.07, 6.45) is -3.33. The quantitative estimate of drug-likeness (QED) is 0.609. The van der Waals surface area contributed by atoms with Crippen molar-refractivity contribution >= 4 is 11.6 Å². The van der Waals surface area contributed by atoms with Crippen molar-refractivity contribution in [1.82, 2.24) is 19.6 Å². The van der Waals surface area contributed by atoms with Gasteiger partial charge in [-0.05, 0) is 13.8 Å². The molecule has 1 aliphatic rings. The standard InChI is InChI=1S/C13H18F3N5O3/c1-12(2)7-19(8-13(14,15)16)4-5-20(12)11(22)10-9(21(23)24)6-17-18(10)3/h6H,4-5,7-8H2,1-3H3. The molecule has 0 spiro atoms. The van der Waals surface area contributed by atoms with Crippen molar-refractivity contribution < 1.29 is 22.9 Å². The number of rotatable bonds is 3. The lowest BCUT2D eigenvalue weighted by Crippen LogP contribution is -2.62. The predicted molar refractivity (Wildman–Crippen MR) is 77.5 cm³/mol. The van der Waals surface area contributed by atoms with E-state index in [1.54, 1.807) is 13.8 Å². The minimum Gasteiger partial charge on any atom is -0.329 e. The lowest BCUT2D eigenvalue weighted by atomic mass is 9.98. The van der Waals surface area contributed by atoms with Crippen LogP contribution in [0.25, 0.3) is 0 Å². The van der Waals surface area contributed by atoms with Gasteiger partial charge in [-0.1, -0.05) is 0 Å². The Labute approximate surface area is 136 Å². The number of carbonyl (C=O) groups excluding carboxylic acids is 1. The molecule has 1 fully saturated rings. The monoisotopic (exact) mass is 349 g/mol. The van der Waals surface area contributed by atoms with E-state index in [4.69, 9.17) is 0 Å². The number of aromatic nitrogens is 2. The first-order chi connectivity index (χ1) is 10.9. The maximum absolute atomic E-state index is 12.7. The average molecular weight is 349 g/mol. The highest BCUT2D eigenvalue weighted by Crippen LogP contribution is 2.28. The molecule has 134 valence electrons. The highest BCUT2D eigenvalue weighted by molar-refractivity contribution is 5.96. The van der Waals surface area contributed by atoms with Crippen molar-refractivity contribution in [2.45, 2.75) is 25.6 Å². The molecule has 11 heteroatoms. The van der Waals surface area contributed by atoms with Crippen LogP contribution in [0.4, 0.5) is 18.9 Å². The molecule has 1 aromatic rings. The number of amides is 1. The Hall–Kier alpha value is -2.17. The van der Waals surface area contributed by atoms with E-state index in [9.17, 15) is 28.1 Å². The molecular weight excluding hydrogens is 331 g/mol. The van der Waals surface area contributed by atoms with E-state index >= 15 is 0 Å². The normalized spacial score (nSPS) is 18.7. The highest BCUT2D eigenvalue weighted by atomic mass is 19.4. The van der Waals surface area contributed by atoms with Crippen LogP contribution < -0.4 is 0 Å². The molecule has 0 unspecified atom stereocenters. The summed E-state index contributed by atoms with van der Waals surface area (Å²) in [5, 5.41) is 14.8. The van der Waals surface area contributed by atoms with Crippen LogP contribution >= 0.6 is 0 Å². The molecule has 1 aliphatic heterocycles. The maximum Gasteiger partial charge on any atom is 0.401 e. The second kappa shape index (κ2) is 6.04. The van der Waals surface area contributed by atoms with E-state index in [1.165, 1.54) is 16.8 Å². The number of halogens is 3. The smallest absolute Gasteiger partial charge is 0.329 e. The third-order valence-electron chi connectivity index (χ3n) is 3.95. The highest BCUT2D eigenvalue weighted by Gasteiger charge is 2.42. The maximum atomic E-state index is 12.7. The third-order valence-corrected chi connectivity index (χ3v) is 3.95. The molecule has 0 aromatic carbocycles. The van der Waals surface area contributed by atoms with Crippen LogP contribution in [0.2, 0.25) is 0 Å². The fraction of sp³-hybridized carbons (Fsp3) is 0.692. The molecule has 0 bridgehead atoms. The van der Waals surface area contributed by atoms with Crippen molar-refractivity contribution in [2.24, 2.45) is 7.05 Å². The SMILES string of the molecule is Cn1ncc([N+](=O)[O-])c1C(=O)N1CCN(CC(F)(F)F)CC1(C)C. The zero-order chi connectivity index (χ0) is 18.3. The summed E-state index contributed by atoms with van der Waals surface area (Å²) in [4.78, 5) is 25.7.